The van der Waals surface area contributed by atoms with Crippen molar-refractivity contribution >= 4 is 19.6 Å². The Morgan fingerprint density at radius 1 is 0.917 bits per heavy atom. The van der Waals surface area contributed by atoms with Crippen molar-refractivity contribution in [2.24, 2.45) is 0 Å². The molecule has 0 aromatic carbocycles. The summed E-state index contributed by atoms with van der Waals surface area (Å²) in [4.78, 5) is 0. The predicted octanol–water partition coefficient (Wildman–Crippen LogP) is -1.23. The van der Waals surface area contributed by atoms with E-state index in [1.54, 1.807) is 12.5 Å². The number of hydrogen-bond donors (Lipinski definition) is 0. The zero-order valence-corrected chi connectivity index (χ0v) is 9.62. The minimum Gasteiger partial charge on any atom is -0.501 e. The Morgan fingerprint density at radius 3 is 1.75 bits per heavy atom. The summed E-state index contributed by atoms with van der Waals surface area (Å²) in [5.41, 5.74) is 1.81. The predicted molar refractivity (Wildman–Crippen MR) is 43.6 cm³/mol. The Kier molecular flexibility index (Phi) is 4.10. The monoisotopic (exact) mass is 188 g/mol. The molecule has 0 radical (unpaired) electrons. The van der Waals surface area contributed by atoms with Gasteiger partial charge in [0.1, 0.15) is 0 Å². The van der Waals surface area contributed by atoms with Crippen molar-refractivity contribution in [1.82, 2.24) is 0 Å². The van der Waals surface area contributed by atoms with Crippen molar-refractivity contribution in [2.75, 3.05) is 0 Å². The molecule has 2 heterocycles. The molecule has 0 saturated heterocycles. The second kappa shape index (κ2) is 4.88. The maximum absolute atomic E-state index is 5.13. The van der Waals surface area contributed by atoms with Gasteiger partial charge in [0, 0.05) is 0 Å². The van der Waals surface area contributed by atoms with Gasteiger partial charge in [0.15, 0.2) is 0 Å². The largest absolute Gasteiger partial charge is 1.00 e. The van der Waals surface area contributed by atoms with E-state index in [1.807, 2.05) is 24.3 Å². The van der Waals surface area contributed by atoms with Gasteiger partial charge in [-0.05, 0) is 23.1 Å². The van der Waals surface area contributed by atoms with Gasteiger partial charge in [-0.1, -0.05) is 12.1 Å². The normalized spacial score (nSPS) is 9.33. The first-order chi connectivity index (χ1) is 5.45. The summed E-state index contributed by atoms with van der Waals surface area (Å²) in [6.07, 6.45) is 3.32. The molecule has 0 bridgehead atoms. The van der Waals surface area contributed by atoms with E-state index in [-0.39, 0.29) is 29.6 Å². The van der Waals surface area contributed by atoms with Crippen molar-refractivity contribution in [1.29, 1.82) is 0 Å². The van der Waals surface area contributed by atoms with E-state index in [4.69, 9.17) is 8.83 Å². The SMILES string of the molecule is [Na+].c1coc([P-]c2ccco2)c1. The van der Waals surface area contributed by atoms with E-state index in [9.17, 15) is 0 Å². The molecule has 0 atom stereocenters. The summed E-state index contributed by atoms with van der Waals surface area (Å²) in [6, 6.07) is 7.57. The Balaban J connectivity index is 0.000000720. The van der Waals surface area contributed by atoms with E-state index < -0.39 is 0 Å². The Hall–Kier alpha value is -0.01000. The molecule has 0 aliphatic heterocycles. The molecule has 2 aromatic rings. The summed E-state index contributed by atoms with van der Waals surface area (Å²) in [5, 5.41) is 0. The Bertz CT molecular complexity index is 269. The van der Waals surface area contributed by atoms with Crippen LogP contribution in [0.4, 0.5) is 0 Å². The molecule has 0 unspecified atom stereocenters. The minimum atomic E-state index is 0. The van der Waals surface area contributed by atoms with Crippen molar-refractivity contribution in [3.05, 3.63) is 36.8 Å². The standard InChI is InChI=1S/C8H6O2P.Na/c1-3-7(9-5-1)11-8-4-2-6-10-8;/h1-6H;/q-1;+1. The molecular formula is C8H6NaO2P. The summed E-state index contributed by atoms with van der Waals surface area (Å²) < 4.78 is 10.3. The minimum absolute atomic E-state index is 0. The Morgan fingerprint density at radius 2 is 1.42 bits per heavy atom. The maximum Gasteiger partial charge on any atom is 1.00 e. The quantitative estimate of drug-likeness (QED) is 0.436. The Labute approximate surface area is 94.4 Å². The van der Waals surface area contributed by atoms with Gasteiger partial charge in [-0.2, -0.15) is 0 Å². The van der Waals surface area contributed by atoms with Crippen LogP contribution in [0, 0.1) is 0 Å². The van der Waals surface area contributed by atoms with Crippen LogP contribution in [0.5, 0.6) is 0 Å². The van der Waals surface area contributed by atoms with Crippen LogP contribution in [-0.2, 0) is 0 Å². The molecule has 0 aliphatic carbocycles. The van der Waals surface area contributed by atoms with Gasteiger partial charge < -0.3 is 17.4 Å². The first kappa shape index (κ1) is 10.1. The van der Waals surface area contributed by atoms with Crippen molar-refractivity contribution in [3.8, 4) is 0 Å². The molecule has 0 spiro atoms. The number of hydrogen-bond acceptors (Lipinski definition) is 2. The fraction of sp³-hybridized carbons (Fsp3) is 0. The van der Waals surface area contributed by atoms with Crippen LogP contribution in [0.1, 0.15) is 0 Å². The second-order valence-corrected chi connectivity index (χ2v) is 3.12. The summed E-state index contributed by atoms with van der Waals surface area (Å²) in [5.74, 6) is 0. The molecule has 0 fully saturated rings. The fourth-order valence-electron chi connectivity index (χ4n) is 0.776. The van der Waals surface area contributed by atoms with Gasteiger partial charge in [0.2, 0.25) is 0 Å². The first-order valence-electron chi connectivity index (χ1n) is 3.24. The van der Waals surface area contributed by atoms with Crippen molar-refractivity contribution in [2.45, 2.75) is 0 Å². The third-order valence-corrected chi connectivity index (χ3v) is 2.18. The molecule has 2 aromatic heterocycles. The smallest absolute Gasteiger partial charge is 0.501 e. The topological polar surface area (TPSA) is 26.3 Å². The van der Waals surface area contributed by atoms with Crippen LogP contribution in [0.2, 0.25) is 0 Å². The zero-order chi connectivity index (χ0) is 7.52. The molecule has 0 aliphatic rings. The molecule has 0 N–H and O–H groups in total. The van der Waals surface area contributed by atoms with Crippen LogP contribution >= 0.6 is 8.58 Å². The molecular weight excluding hydrogens is 182 g/mol. The van der Waals surface area contributed by atoms with Gasteiger partial charge in [-0.3, -0.25) is 0 Å². The van der Waals surface area contributed by atoms with Gasteiger partial charge in [-0.25, -0.2) is 0 Å². The fourth-order valence-corrected chi connectivity index (χ4v) is 1.54. The average molecular weight is 188 g/mol. The summed E-state index contributed by atoms with van der Waals surface area (Å²) in [7, 11) is 0.980. The molecule has 0 amide bonds. The van der Waals surface area contributed by atoms with Crippen LogP contribution in [0.25, 0.3) is 0 Å². The van der Waals surface area contributed by atoms with Gasteiger partial charge in [0.25, 0.3) is 0 Å². The zero-order valence-electron chi connectivity index (χ0n) is 6.73. The number of furan rings is 2. The molecule has 56 valence electrons. The van der Waals surface area contributed by atoms with Crippen LogP contribution in [-0.4, -0.2) is 0 Å². The van der Waals surface area contributed by atoms with Crippen LogP contribution in [0.3, 0.4) is 0 Å². The van der Waals surface area contributed by atoms with Gasteiger partial charge in [0.05, 0.1) is 12.5 Å². The molecule has 2 rings (SSSR count). The molecule has 0 saturated carbocycles. The summed E-state index contributed by atoms with van der Waals surface area (Å²) in [6.45, 7) is 0. The average Bonchev–Trinajstić information content (AvgIpc) is 2.60. The van der Waals surface area contributed by atoms with E-state index in [1.165, 1.54) is 0 Å². The number of rotatable bonds is 2. The van der Waals surface area contributed by atoms with Crippen LogP contribution in [0.15, 0.2) is 45.6 Å². The molecule has 2 nitrogen and oxygen atoms in total. The van der Waals surface area contributed by atoms with Crippen molar-refractivity contribution < 1.29 is 38.4 Å². The molecule has 12 heavy (non-hydrogen) atoms. The van der Waals surface area contributed by atoms with Gasteiger partial charge in [-0.15, -0.1) is 0 Å². The third kappa shape index (κ3) is 2.49. The van der Waals surface area contributed by atoms with Crippen molar-refractivity contribution in [3.63, 3.8) is 0 Å². The third-order valence-electron chi connectivity index (χ3n) is 1.23. The van der Waals surface area contributed by atoms with Crippen LogP contribution < -0.4 is 40.6 Å². The summed E-state index contributed by atoms with van der Waals surface area (Å²) >= 11 is 0. The van der Waals surface area contributed by atoms with E-state index in [0.29, 0.717) is 0 Å². The van der Waals surface area contributed by atoms with E-state index in [0.717, 1.165) is 19.6 Å². The second-order valence-electron chi connectivity index (χ2n) is 2.01. The molecule has 4 heteroatoms. The first-order valence-corrected chi connectivity index (χ1v) is 4.13. The van der Waals surface area contributed by atoms with E-state index >= 15 is 0 Å². The van der Waals surface area contributed by atoms with Gasteiger partial charge >= 0.3 is 29.6 Å². The van der Waals surface area contributed by atoms with E-state index in [2.05, 4.69) is 0 Å². The maximum atomic E-state index is 5.13.